The van der Waals surface area contributed by atoms with Crippen molar-refractivity contribution in [2.24, 2.45) is 0 Å². The van der Waals surface area contributed by atoms with Crippen LogP contribution in [0.1, 0.15) is 11.8 Å². The zero-order valence-corrected chi connectivity index (χ0v) is 10.0. The van der Waals surface area contributed by atoms with Crippen molar-refractivity contribution < 1.29 is 15.2 Å². The van der Waals surface area contributed by atoms with E-state index in [4.69, 9.17) is 9.94 Å². The molecule has 2 aliphatic heterocycles. The van der Waals surface area contributed by atoms with Crippen LogP contribution in [0, 0.1) is 5.21 Å². The van der Waals surface area contributed by atoms with Gasteiger partial charge in [0.05, 0.1) is 6.61 Å². The number of rotatable bonds is 2. The molecule has 0 amide bonds. The third-order valence-electron chi connectivity index (χ3n) is 3.21. The summed E-state index contributed by atoms with van der Waals surface area (Å²) in [5, 5.41) is 18.7. The molecule has 0 aliphatic carbocycles. The van der Waals surface area contributed by atoms with Crippen LogP contribution in [-0.4, -0.2) is 34.4 Å². The molecule has 0 saturated carbocycles. The third-order valence-corrected chi connectivity index (χ3v) is 4.31. The van der Waals surface area contributed by atoms with Crippen LogP contribution in [0.3, 0.4) is 0 Å². The first-order valence-electron chi connectivity index (χ1n) is 5.54. The van der Waals surface area contributed by atoms with Gasteiger partial charge in [-0.1, -0.05) is 0 Å². The molecule has 1 aromatic carbocycles. The van der Waals surface area contributed by atoms with Gasteiger partial charge in [0.1, 0.15) is 6.23 Å². The van der Waals surface area contributed by atoms with Gasteiger partial charge in [-0.3, -0.25) is 4.90 Å². The Morgan fingerprint density at radius 3 is 2.88 bits per heavy atom. The summed E-state index contributed by atoms with van der Waals surface area (Å²) in [5.74, 6) is 2.12. The Labute approximate surface area is 103 Å². The summed E-state index contributed by atoms with van der Waals surface area (Å²) >= 11 is 1.92. The molecule has 0 aromatic heterocycles. The molecule has 6 heteroatoms. The normalized spacial score (nSPS) is 30.5. The molecule has 2 saturated heterocycles. The number of hydrogen-bond donors (Lipinski definition) is 2. The number of thioether (sulfide) groups is 1. The number of nitrogens with zero attached hydrogens (tertiary/aromatic N) is 1. The van der Waals surface area contributed by atoms with E-state index in [1.807, 2.05) is 23.9 Å². The summed E-state index contributed by atoms with van der Waals surface area (Å²) < 4.78 is 5.77. The quantitative estimate of drug-likeness (QED) is 0.752. The van der Waals surface area contributed by atoms with Gasteiger partial charge < -0.3 is 9.94 Å². The molecule has 0 bridgehead atoms. The lowest BCUT2D eigenvalue weighted by molar-refractivity contribution is -0.991. The molecule has 2 fully saturated rings. The molecular weight excluding hydrogens is 240 g/mol. The van der Waals surface area contributed by atoms with E-state index in [2.05, 4.69) is 4.90 Å². The van der Waals surface area contributed by atoms with Gasteiger partial charge in [-0.25, -0.2) is 5.21 Å². The van der Waals surface area contributed by atoms with Gasteiger partial charge in [0, 0.05) is 29.8 Å². The minimum atomic E-state index is -0.890. The van der Waals surface area contributed by atoms with E-state index in [9.17, 15) is 5.21 Å². The van der Waals surface area contributed by atoms with Crippen LogP contribution in [0.25, 0.3) is 0 Å². The highest BCUT2D eigenvalue weighted by atomic mass is 32.2. The molecule has 2 N–H and O–H groups in total. The van der Waals surface area contributed by atoms with Crippen molar-refractivity contribution in [3.63, 3.8) is 0 Å². The maximum absolute atomic E-state index is 10.8. The Morgan fingerprint density at radius 1 is 1.41 bits per heavy atom. The third kappa shape index (κ3) is 2.08. The van der Waals surface area contributed by atoms with Crippen molar-refractivity contribution in [2.75, 3.05) is 18.2 Å². The molecule has 3 unspecified atom stereocenters. The summed E-state index contributed by atoms with van der Waals surface area (Å²) in [7, 11) is 0. The first-order chi connectivity index (χ1) is 8.25. The average Bonchev–Trinajstić information content (AvgIpc) is 2.90. The van der Waals surface area contributed by atoms with E-state index in [1.54, 1.807) is 12.1 Å². The maximum atomic E-state index is 10.8. The summed E-state index contributed by atoms with van der Waals surface area (Å²) in [5.41, 5.74) is 1.36. The van der Waals surface area contributed by atoms with Gasteiger partial charge in [0.15, 0.2) is 5.69 Å². The fraction of sp³-hybridized carbons (Fsp3) is 0.455. The Bertz CT molecular complexity index is 398. The standard InChI is InChI=1S/C11H14N2O3S/c14-13(15)9-3-1-8(2-4-9)11-12-7-17-6-10(12)5-16-11/h1-4,10-11,13-14H,5-7H2. The Morgan fingerprint density at radius 2 is 2.18 bits per heavy atom. The lowest BCUT2D eigenvalue weighted by atomic mass is 10.1. The van der Waals surface area contributed by atoms with E-state index in [0.29, 0.717) is 11.7 Å². The fourth-order valence-electron chi connectivity index (χ4n) is 2.27. The van der Waals surface area contributed by atoms with Crippen molar-refractivity contribution >= 4 is 17.4 Å². The van der Waals surface area contributed by atoms with Crippen molar-refractivity contribution in [3.05, 3.63) is 35.0 Å². The highest BCUT2D eigenvalue weighted by Crippen LogP contribution is 2.37. The number of nitrogens with one attached hydrogen (secondary N) is 1. The molecule has 2 heterocycles. The van der Waals surface area contributed by atoms with Crippen LogP contribution in [0.2, 0.25) is 0 Å². The van der Waals surface area contributed by atoms with Crippen molar-refractivity contribution in [3.8, 4) is 0 Å². The summed E-state index contributed by atoms with van der Waals surface area (Å²) in [6, 6.07) is 7.48. The first-order valence-corrected chi connectivity index (χ1v) is 6.69. The van der Waals surface area contributed by atoms with Crippen LogP contribution in [0.4, 0.5) is 5.69 Å². The van der Waals surface area contributed by atoms with E-state index in [-0.39, 0.29) is 6.23 Å². The Balaban J connectivity index is 1.80. The predicted octanol–water partition coefficient (Wildman–Crippen LogP) is 0.494. The molecule has 17 heavy (non-hydrogen) atoms. The number of hydrogen-bond acceptors (Lipinski definition) is 5. The van der Waals surface area contributed by atoms with E-state index in [1.165, 1.54) is 0 Å². The van der Waals surface area contributed by atoms with Crippen LogP contribution < -0.4 is 5.23 Å². The monoisotopic (exact) mass is 254 g/mol. The first kappa shape index (κ1) is 11.5. The molecule has 3 atom stereocenters. The molecule has 2 aliphatic rings. The SMILES string of the molecule is [O-][NH+](O)c1ccc(C2OCC3CSCN32)cc1. The van der Waals surface area contributed by atoms with Crippen LogP contribution >= 0.6 is 11.8 Å². The molecule has 0 spiro atoms. The van der Waals surface area contributed by atoms with Gasteiger partial charge in [-0.2, -0.15) is 5.23 Å². The molecule has 0 radical (unpaired) electrons. The Kier molecular flexibility index (Phi) is 3.08. The minimum absolute atomic E-state index is 0.00200. The number of fused-ring (bicyclic) bond motifs is 1. The van der Waals surface area contributed by atoms with E-state index < -0.39 is 5.23 Å². The largest absolute Gasteiger partial charge is 0.595 e. The number of quaternary nitrogens is 1. The zero-order chi connectivity index (χ0) is 11.8. The molecule has 3 rings (SSSR count). The van der Waals surface area contributed by atoms with Gasteiger partial charge in [-0.05, 0) is 17.7 Å². The van der Waals surface area contributed by atoms with Crippen molar-refractivity contribution in [1.82, 2.24) is 4.90 Å². The number of ether oxygens (including phenoxy) is 1. The summed E-state index contributed by atoms with van der Waals surface area (Å²) in [6.07, 6.45) is -0.00200. The van der Waals surface area contributed by atoms with E-state index >= 15 is 0 Å². The lowest BCUT2D eigenvalue weighted by Crippen LogP contribution is -2.99. The van der Waals surface area contributed by atoms with Gasteiger partial charge in [-0.15, -0.1) is 11.8 Å². The highest BCUT2D eigenvalue weighted by molar-refractivity contribution is 7.99. The minimum Gasteiger partial charge on any atom is -0.595 e. The van der Waals surface area contributed by atoms with Crippen LogP contribution in [0.15, 0.2) is 24.3 Å². The van der Waals surface area contributed by atoms with Crippen LogP contribution in [0.5, 0.6) is 0 Å². The van der Waals surface area contributed by atoms with Gasteiger partial charge >= 0.3 is 0 Å². The molecule has 5 nitrogen and oxygen atoms in total. The van der Waals surface area contributed by atoms with E-state index in [0.717, 1.165) is 23.8 Å². The second-order valence-corrected chi connectivity index (χ2v) is 5.28. The summed E-state index contributed by atoms with van der Waals surface area (Å²) in [6.45, 7) is 0.776. The lowest BCUT2D eigenvalue weighted by Gasteiger charge is -2.21. The zero-order valence-electron chi connectivity index (χ0n) is 9.20. The van der Waals surface area contributed by atoms with Crippen LogP contribution in [-0.2, 0) is 4.74 Å². The highest BCUT2D eigenvalue weighted by Gasteiger charge is 2.38. The molecular formula is C11H14N2O3S. The predicted molar refractivity (Wildman–Crippen MR) is 63.9 cm³/mol. The average molecular weight is 254 g/mol. The van der Waals surface area contributed by atoms with Gasteiger partial charge in [0.25, 0.3) is 0 Å². The van der Waals surface area contributed by atoms with Gasteiger partial charge in [0.2, 0.25) is 0 Å². The Hall–Kier alpha value is -0.630. The second-order valence-electron chi connectivity index (χ2n) is 4.28. The van der Waals surface area contributed by atoms with Crippen molar-refractivity contribution in [2.45, 2.75) is 12.3 Å². The fourth-order valence-corrected chi connectivity index (χ4v) is 3.50. The topological polar surface area (TPSA) is 60.2 Å². The summed E-state index contributed by atoms with van der Waals surface area (Å²) in [4.78, 5) is 2.33. The maximum Gasteiger partial charge on any atom is 0.163 e. The number of benzene rings is 1. The molecule has 92 valence electrons. The second kappa shape index (κ2) is 4.56. The van der Waals surface area contributed by atoms with Crippen molar-refractivity contribution in [1.29, 1.82) is 0 Å². The molecule has 1 aromatic rings. The smallest absolute Gasteiger partial charge is 0.163 e.